The summed E-state index contributed by atoms with van der Waals surface area (Å²) >= 11 is 1.23. The van der Waals surface area contributed by atoms with Crippen molar-refractivity contribution in [3.63, 3.8) is 0 Å². The molecule has 31 heavy (non-hydrogen) atoms. The molecular weight excluding hydrogens is 410 g/mol. The number of carbonyl (C=O) groups excluding carboxylic acids is 1. The van der Waals surface area contributed by atoms with Gasteiger partial charge in [-0.05, 0) is 42.0 Å². The van der Waals surface area contributed by atoms with Crippen molar-refractivity contribution < 1.29 is 13.9 Å². The predicted octanol–water partition coefficient (Wildman–Crippen LogP) is 5.07. The second-order valence-electron chi connectivity index (χ2n) is 6.69. The number of anilines is 1. The SMILES string of the molecule is COc1ccc(-c2nnc(SCC(=O)N(Cc3ccccc3)c3ccccc3)o2)cc1. The number of amides is 1. The van der Waals surface area contributed by atoms with Gasteiger partial charge in [-0.3, -0.25) is 4.79 Å². The van der Waals surface area contributed by atoms with Crippen LogP contribution in [0.15, 0.2) is 94.6 Å². The topological polar surface area (TPSA) is 68.5 Å². The summed E-state index contributed by atoms with van der Waals surface area (Å²) in [5.41, 5.74) is 2.70. The molecule has 1 heterocycles. The third kappa shape index (κ3) is 5.32. The number of aromatic nitrogens is 2. The number of nitrogens with zero attached hydrogens (tertiary/aromatic N) is 3. The normalized spacial score (nSPS) is 10.6. The van der Waals surface area contributed by atoms with Gasteiger partial charge in [0.2, 0.25) is 11.8 Å². The standard InChI is InChI=1S/C24H21N3O3S/c1-29-21-14-12-19(13-15-21)23-25-26-24(30-23)31-17-22(28)27(20-10-6-3-7-11-20)16-18-8-4-2-5-9-18/h2-15H,16-17H2,1H3. The lowest BCUT2D eigenvalue weighted by atomic mass is 10.2. The number of carbonyl (C=O) groups is 1. The highest BCUT2D eigenvalue weighted by Crippen LogP contribution is 2.26. The number of rotatable bonds is 8. The van der Waals surface area contributed by atoms with Gasteiger partial charge in [0, 0.05) is 11.3 Å². The minimum atomic E-state index is -0.0377. The molecule has 0 unspecified atom stereocenters. The molecule has 0 aliphatic carbocycles. The van der Waals surface area contributed by atoms with Crippen molar-refractivity contribution in [2.45, 2.75) is 11.8 Å². The molecule has 0 spiro atoms. The van der Waals surface area contributed by atoms with Crippen molar-refractivity contribution in [1.29, 1.82) is 0 Å². The van der Waals surface area contributed by atoms with Crippen molar-refractivity contribution in [2.75, 3.05) is 17.8 Å². The maximum atomic E-state index is 13.1. The molecule has 3 aromatic carbocycles. The van der Waals surface area contributed by atoms with Crippen LogP contribution in [-0.2, 0) is 11.3 Å². The molecular formula is C24H21N3O3S. The minimum absolute atomic E-state index is 0.0377. The Balaban J connectivity index is 1.44. The van der Waals surface area contributed by atoms with E-state index < -0.39 is 0 Å². The van der Waals surface area contributed by atoms with Crippen molar-refractivity contribution >= 4 is 23.4 Å². The fourth-order valence-corrected chi connectivity index (χ4v) is 3.66. The molecule has 1 aromatic heterocycles. The van der Waals surface area contributed by atoms with Gasteiger partial charge in [-0.2, -0.15) is 0 Å². The van der Waals surface area contributed by atoms with Gasteiger partial charge in [-0.25, -0.2) is 0 Å². The molecule has 6 nitrogen and oxygen atoms in total. The number of methoxy groups -OCH3 is 1. The second kappa shape index (κ2) is 9.95. The summed E-state index contributed by atoms with van der Waals surface area (Å²) in [6, 6.07) is 26.9. The highest BCUT2D eigenvalue weighted by molar-refractivity contribution is 7.99. The quantitative estimate of drug-likeness (QED) is 0.363. The van der Waals surface area contributed by atoms with Crippen LogP contribution < -0.4 is 9.64 Å². The zero-order chi connectivity index (χ0) is 21.5. The van der Waals surface area contributed by atoms with Crippen LogP contribution in [0.3, 0.4) is 0 Å². The lowest BCUT2D eigenvalue weighted by molar-refractivity contribution is -0.116. The van der Waals surface area contributed by atoms with E-state index in [1.165, 1.54) is 11.8 Å². The molecule has 4 rings (SSSR count). The van der Waals surface area contributed by atoms with Gasteiger partial charge in [-0.1, -0.05) is 60.3 Å². The van der Waals surface area contributed by atoms with Gasteiger partial charge >= 0.3 is 0 Å². The lowest BCUT2D eigenvalue weighted by Crippen LogP contribution is -2.31. The molecule has 4 aromatic rings. The van der Waals surface area contributed by atoms with E-state index in [1.807, 2.05) is 84.9 Å². The zero-order valence-electron chi connectivity index (χ0n) is 17.0. The Morgan fingerprint density at radius 3 is 2.29 bits per heavy atom. The third-order valence-corrected chi connectivity index (χ3v) is 5.42. The van der Waals surface area contributed by atoms with Gasteiger partial charge in [-0.15, -0.1) is 10.2 Å². The zero-order valence-corrected chi connectivity index (χ0v) is 17.8. The predicted molar refractivity (Wildman–Crippen MR) is 121 cm³/mol. The summed E-state index contributed by atoms with van der Waals surface area (Å²) < 4.78 is 10.9. The average molecular weight is 432 g/mol. The highest BCUT2D eigenvalue weighted by Gasteiger charge is 2.18. The van der Waals surface area contributed by atoms with E-state index in [9.17, 15) is 4.79 Å². The molecule has 0 saturated heterocycles. The van der Waals surface area contributed by atoms with E-state index >= 15 is 0 Å². The number of para-hydroxylation sites is 1. The Morgan fingerprint density at radius 2 is 1.61 bits per heavy atom. The Morgan fingerprint density at radius 1 is 0.935 bits per heavy atom. The molecule has 0 atom stereocenters. The highest BCUT2D eigenvalue weighted by atomic mass is 32.2. The van der Waals surface area contributed by atoms with Crippen LogP contribution in [0.2, 0.25) is 0 Å². The first-order valence-electron chi connectivity index (χ1n) is 9.73. The Kier molecular flexibility index (Phi) is 6.64. The molecule has 0 saturated carbocycles. The van der Waals surface area contributed by atoms with E-state index in [0.29, 0.717) is 17.7 Å². The number of ether oxygens (including phenoxy) is 1. The summed E-state index contributed by atoms with van der Waals surface area (Å²) in [5, 5.41) is 8.51. The van der Waals surface area contributed by atoms with Crippen LogP contribution in [-0.4, -0.2) is 29.0 Å². The third-order valence-electron chi connectivity index (χ3n) is 4.61. The first-order valence-corrected chi connectivity index (χ1v) is 10.7. The number of benzene rings is 3. The van der Waals surface area contributed by atoms with Crippen molar-refractivity contribution in [3.8, 4) is 17.2 Å². The number of hydrogen-bond donors (Lipinski definition) is 0. The van der Waals surface area contributed by atoms with Gasteiger partial charge in [0.05, 0.1) is 19.4 Å². The van der Waals surface area contributed by atoms with Gasteiger partial charge in [0.15, 0.2) is 0 Å². The van der Waals surface area contributed by atoms with Crippen molar-refractivity contribution in [2.24, 2.45) is 0 Å². The summed E-state index contributed by atoms with van der Waals surface area (Å²) in [7, 11) is 1.62. The average Bonchev–Trinajstić information content (AvgIpc) is 3.31. The van der Waals surface area contributed by atoms with Crippen LogP contribution in [0.1, 0.15) is 5.56 Å². The van der Waals surface area contributed by atoms with Crippen molar-refractivity contribution in [1.82, 2.24) is 10.2 Å². The van der Waals surface area contributed by atoms with Gasteiger partial charge < -0.3 is 14.1 Å². The largest absolute Gasteiger partial charge is 0.497 e. The molecule has 0 fully saturated rings. The van der Waals surface area contributed by atoms with E-state index in [2.05, 4.69) is 10.2 Å². The summed E-state index contributed by atoms with van der Waals surface area (Å²) in [5.74, 6) is 1.31. The van der Waals surface area contributed by atoms with E-state index in [1.54, 1.807) is 12.0 Å². The number of thioether (sulfide) groups is 1. The Bertz CT molecular complexity index is 1120. The lowest BCUT2D eigenvalue weighted by Gasteiger charge is -2.22. The second-order valence-corrected chi connectivity index (χ2v) is 7.62. The fourth-order valence-electron chi connectivity index (χ4n) is 3.02. The minimum Gasteiger partial charge on any atom is -0.497 e. The summed E-state index contributed by atoms with van der Waals surface area (Å²) in [6.45, 7) is 0.491. The molecule has 0 aliphatic rings. The fraction of sp³-hybridized carbons (Fsp3) is 0.125. The van der Waals surface area contributed by atoms with Crippen LogP contribution in [0.5, 0.6) is 5.75 Å². The molecule has 156 valence electrons. The van der Waals surface area contributed by atoms with E-state index in [0.717, 1.165) is 22.6 Å². The molecule has 0 bridgehead atoms. The summed E-state index contributed by atoms with van der Waals surface area (Å²) in [4.78, 5) is 14.8. The summed E-state index contributed by atoms with van der Waals surface area (Å²) in [6.07, 6.45) is 0. The maximum absolute atomic E-state index is 13.1. The first-order chi connectivity index (χ1) is 15.2. The molecule has 0 radical (unpaired) electrons. The first kappa shape index (κ1) is 20.7. The van der Waals surface area contributed by atoms with Crippen LogP contribution >= 0.6 is 11.8 Å². The van der Waals surface area contributed by atoms with Crippen LogP contribution in [0.25, 0.3) is 11.5 Å². The molecule has 1 amide bonds. The van der Waals surface area contributed by atoms with Crippen molar-refractivity contribution in [3.05, 3.63) is 90.5 Å². The van der Waals surface area contributed by atoms with Crippen LogP contribution in [0.4, 0.5) is 5.69 Å². The van der Waals surface area contributed by atoms with E-state index in [4.69, 9.17) is 9.15 Å². The monoisotopic (exact) mass is 431 g/mol. The Hall–Kier alpha value is -3.58. The maximum Gasteiger partial charge on any atom is 0.277 e. The smallest absolute Gasteiger partial charge is 0.277 e. The molecule has 0 aliphatic heterocycles. The molecule has 7 heteroatoms. The van der Waals surface area contributed by atoms with E-state index in [-0.39, 0.29) is 11.7 Å². The van der Waals surface area contributed by atoms with Crippen LogP contribution in [0, 0.1) is 0 Å². The number of hydrogen-bond acceptors (Lipinski definition) is 6. The van der Waals surface area contributed by atoms with Gasteiger partial charge in [0.1, 0.15) is 5.75 Å². The van der Waals surface area contributed by atoms with Gasteiger partial charge in [0.25, 0.3) is 5.22 Å². The molecule has 0 N–H and O–H groups in total. The Labute approximate surface area is 184 Å².